The lowest BCUT2D eigenvalue weighted by atomic mass is 9.78. The number of nitrogens with zero attached hydrogens (tertiary/aromatic N) is 1. The molecule has 112 valence electrons. The Morgan fingerprint density at radius 3 is 2.50 bits per heavy atom. The van der Waals surface area contributed by atoms with Crippen molar-refractivity contribution in [2.45, 2.75) is 43.2 Å². The molecule has 0 bridgehead atoms. The van der Waals surface area contributed by atoms with E-state index in [9.17, 15) is 18.3 Å². The van der Waals surface area contributed by atoms with Crippen molar-refractivity contribution in [3.05, 3.63) is 18.0 Å². The maximum absolute atomic E-state index is 12.3. The first-order valence-electron chi connectivity index (χ1n) is 6.42. The Labute approximate surface area is 117 Å². The lowest BCUT2D eigenvalue weighted by Crippen LogP contribution is -2.55. The van der Waals surface area contributed by atoms with Gasteiger partial charge in [0.1, 0.15) is 10.6 Å². The molecule has 0 aliphatic heterocycles. The van der Waals surface area contributed by atoms with Crippen LogP contribution in [0.3, 0.4) is 0 Å². The number of hydrogen-bond acceptors (Lipinski definition) is 4. The molecule has 0 aromatic carbocycles. The molecule has 2 rings (SSSR count). The second-order valence-corrected chi connectivity index (χ2v) is 6.73. The van der Waals surface area contributed by atoms with E-state index in [1.165, 1.54) is 10.8 Å². The molecule has 7 nitrogen and oxygen atoms in total. The van der Waals surface area contributed by atoms with Crippen LogP contribution in [0.1, 0.15) is 36.7 Å². The number of aromatic nitrogens is 1. The number of sulfonamides is 1. The number of aliphatic hydroxyl groups is 1. The van der Waals surface area contributed by atoms with Crippen molar-refractivity contribution >= 4 is 16.0 Å². The lowest BCUT2D eigenvalue weighted by Gasteiger charge is -2.40. The standard InChI is InChI=1S/C12H18N2O5S/c1-2-14-7-9(6-10(14)11(16)17)20(18,19)13-12(8-15)4-3-5-12/h6-7,13,15H,2-5,8H2,1H3,(H,16,17). The molecule has 1 aromatic heterocycles. The molecule has 0 spiro atoms. The maximum Gasteiger partial charge on any atom is 0.352 e. The van der Waals surface area contributed by atoms with Gasteiger partial charge in [0, 0.05) is 12.7 Å². The Bertz CT molecular complexity index is 610. The van der Waals surface area contributed by atoms with E-state index in [0.29, 0.717) is 19.4 Å². The molecule has 3 N–H and O–H groups in total. The summed E-state index contributed by atoms with van der Waals surface area (Å²) in [5.41, 5.74) is -0.865. The second-order valence-electron chi connectivity index (χ2n) is 5.05. The predicted molar refractivity (Wildman–Crippen MR) is 71.1 cm³/mol. The highest BCUT2D eigenvalue weighted by atomic mass is 32.2. The monoisotopic (exact) mass is 302 g/mol. The van der Waals surface area contributed by atoms with E-state index >= 15 is 0 Å². The summed E-state index contributed by atoms with van der Waals surface area (Å²) >= 11 is 0. The van der Waals surface area contributed by atoms with Crippen molar-refractivity contribution in [2.75, 3.05) is 6.61 Å². The van der Waals surface area contributed by atoms with Gasteiger partial charge in [-0.05, 0) is 32.3 Å². The summed E-state index contributed by atoms with van der Waals surface area (Å²) in [5.74, 6) is -1.17. The minimum absolute atomic E-state index is 0.0699. The third kappa shape index (κ3) is 2.58. The van der Waals surface area contributed by atoms with E-state index in [1.807, 2.05) is 0 Å². The molecule has 0 unspecified atom stereocenters. The Morgan fingerprint density at radius 1 is 1.50 bits per heavy atom. The van der Waals surface area contributed by atoms with E-state index in [-0.39, 0.29) is 17.2 Å². The molecule has 0 saturated heterocycles. The number of aryl methyl sites for hydroxylation is 1. The van der Waals surface area contributed by atoms with Crippen molar-refractivity contribution in [3.8, 4) is 0 Å². The van der Waals surface area contributed by atoms with Crippen molar-refractivity contribution in [1.82, 2.24) is 9.29 Å². The topological polar surface area (TPSA) is 109 Å². The number of carboxylic acid groups (broad SMARTS) is 1. The minimum atomic E-state index is -3.83. The summed E-state index contributed by atoms with van der Waals surface area (Å²) in [6.07, 6.45) is 3.33. The van der Waals surface area contributed by atoms with Crippen LogP contribution in [0.2, 0.25) is 0 Å². The zero-order valence-electron chi connectivity index (χ0n) is 11.2. The average Bonchev–Trinajstić information content (AvgIpc) is 2.79. The van der Waals surface area contributed by atoms with Gasteiger partial charge in [-0.15, -0.1) is 0 Å². The Hall–Kier alpha value is -1.38. The first-order chi connectivity index (χ1) is 9.33. The number of nitrogens with one attached hydrogen (secondary N) is 1. The SMILES string of the molecule is CCn1cc(S(=O)(=O)NC2(CO)CCC2)cc1C(=O)O. The molecule has 20 heavy (non-hydrogen) atoms. The van der Waals surface area contributed by atoms with Crippen molar-refractivity contribution < 1.29 is 23.4 Å². The summed E-state index contributed by atoms with van der Waals surface area (Å²) in [6.45, 7) is 1.84. The van der Waals surface area contributed by atoms with Gasteiger partial charge in [0.25, 0.3) is 0 Å². The Kier molecular flexibility index (Phi) is 3.90. The summed E-state index contributed by atoms with van der Waals surface area (Å²) in [4.78, 5) is 11.0. The number of rotatable bonds is 6. The van der Waals surface area contributed by atoms with Crippen LogP contribution < -0.4 is 4.72 Å². The Balaban J connectivity index is 2.32. The predicted octanol–water partition coefficient (Wildman–Crippen LogP) is 0.399. The second kappa shape index (κ2) is 5.19. The summed E-state index contributed by atoms with van der Waals surface area (Å²) in [5, 5.41) is 18.4. The van der Waals surface area contributed by atoms with Crippen LogP contribution in [0.15, 0.2) is 17.2 Å². The van der Waals surface area contributed by atoms with E-state index in [2.05, 4.69) is 4.72 Å². The first-order valence-corrected chi connectivity index (χ1v) is 7.90. The zero-order chi connectivity index (χ0) is 15.0. The van der Waals surface area contributed by atoms with Crippen LogP contribution in [-0.4, -0.2) is 41.3 Å². The third-order valence-electron chi connectivity index (χ3n) is 3.71. The fourth-order valence-electron chi connectivity index (χ4n) is 2.31. The van der Waals surface area contributed by atoms with Crippen LogP contribution in [-0.2, 0) is 16.6 Å². The molecule has 1 aliphatic carbocycles. The zero-order valence-corrected chi connectivity index (χ0v) is 12.0. The van der Waals surface area contributed by atoms with Gasteiger partial charge in [-0.2, -0.15) is 0 Å². The van der Waals surface area contributed by atoms with E-state index < -0.39 is 21.5 Å². The van der Waals surface area contributed by atoms with Gasteiger partial charge in [0.2, 0.25) is 10.0 Å². The molecule has 0 radical (unpaired) electrons. The molecule has 1 heterocycles. The van der Waals surface area contributed by atoms with Gasteiger partial charge in [0.15, 0.2) is 0 Å². The number of aliphatic hydroxyl groups excluding tert-OH is 1. The van der Waals surface area contributed by atoms with Gasteiger partial charge in [-0.1, -0.05) is 0 Å². The van der Waals surface area contributed by atoms with E-state index in [4.69, 9.17) is 5.11 Å². The van der Waals surface area contributed by atoms with E-state index in [1.54, 1.807) is 6.92 Å². The van der Waals surface area contributed by atoms with Crippen molar-refractivity contribution in [2.24, 2.45) is 0 Å². The molecule has 0 amide bonds. The van der Waals surface area contributed by atoms with Gasteiger partial charge in [-0.3, -0.25) is 0 Å². The van der Waals surface area contributed by atoms with Gasteiger partial charge in [-0.25, -0.2) is 17.9 Å². The molecule has 1 saturated carbocycles. The molecule has 8 heteroatoms. The summed E-state index contributed by atoms with van der Waals surface area (Å²) in [6, 6.07) is 1.14. The largest absolute Gasteiger partial charge is 0.477 e. The molecule has 0 atom stereocenters. The molecule has 1 aromatic rings. The number of carboxylic acids is 1. The normalized spacial score (nSPS) is 17.7. The number of carbonyl (C=O) groups is 1. The minimum Gasteiger partial charge on any atom is -0.477 e. The Morgan fingerprint density at radius 2 is 2.15 bits per heavy atom. The van der Waals surface area contributed by atoms with Crippen LogP contribution in [0.25, 0.3) is 0 Å². The van der Waals surface area contributed by atoms with Crippen LogP contribution in [0.5, 0.6) is 0 Å². The van der Waals surface area contributed by atoms with E-state index in [0.717, 1.165) is 12.5 Å². The van der Waals surface area contributed by atoms with Crippen LogP contribution in [0.4, 0.5) is 0 Å². The molecule has 1 fully saturated rings. The lowest BCUT2D eigenvalue weighted by molar-refractivity contribution is 0.0685. The quantitative estimate of drug-likeness (QED) is 0.705. The summed E-state index contributed by atoms with van der Waals surface area (Å²) in [7, 11) is -3.83. The average molecular weight is 302 g/mol. The fourth-order valence-corrected chi connectivity index (χ4v) is 3.80. The molecular formula is C12H18N2O5S. The fraction of sp³-hybridized carbons (Fsp3) is 0.583. The van der Waals surface area contributed by atoms with Crippen LogP contribution >= 0.6 is 0 Å². The van der Waals surface area contributed by atoms with Crippen molar-refractivity contribution in [1.29, 1.82) is 0 Å². The van der Waals surface area contributed by atoms with Crippen molar-refractivity contribution in [3.63, 3.8) is 0 Å². The third-order valence-corrected chi connectivity index (χ3v) is 5.25. The van der Waals surface area contributed by atoms with Gasteiger partial charge >= 0.3 is 5.97 Å². The van der Waals surface area contributed by atoms with Crippen LogP contribution in [0, 0.1) is 0 Å². The maximum atomic E-state index is 12.3. The number of hydrogen-bond donors (Lipinski definition) is 3. The molecule has 1 aliphatic rings. The van der Waals surface area contributed by atoms with Gasteiger partial charge in [0.05, 0.1) is 12.1 Å². The highest BCUT2D eigenvalue weighted by Gasteiger charge is 2.40. The molecular weight excluding hydrogens is 284 g/mol. The smallest absolute Gasteiger partial charge is 0.352 e. The highest BCUT2D eigenvalue weighted by Crippen LogP contribution is 2.33. The first kappa shape index (κ1) is 15.0. The van der Waals surface area contributed by atoms with Gasteiger partial charge < -0.3 is 14.8 Å². The summed E-state index contributed by atoms with van der Waals surface area (Å²) < 4.78 is 28.4. The highest BCUT2D eigenvalue weighted by molar-refractivity contribution is 7.89. The number of aromatic carboxylic acids is 1.